The van der Waals surface area contributed by atoms with Crippen LogP contribution in [0, 0.1) is 6.92 Å². The minimum atomic E-state index is -0.00900. The fraction of sp³-hybridized carbons (Fsp3) is 0.444. The molecule has 2 N–H and O–H groups in total. The molecule has 0 aliphatic carbocycles. The van der Waals surface area contributed by atoms with Crippen LogP contribution in [0.1, 0.15) is 28.8 Å². The third-order valence-electron chi connectivity index (χ3n) is 4.12. The molecule has 1 aromatic rings. The topological polar surface area (TPSA) is 61.4 Å². The predicted molar refractivity (Wildman–Crippen MR) is 91.3 cm³/mol. The van der Waals surface area contributed by atoms with Crippen LogP contribution < -0.4 is 10.6 Å². The second-order valence-corrected chi connectivity index (χ2v) is 5.93. The van der Waals surface area contributed by atoms with Gasteiger partial charge in [0.05, 0.1) is 6.54 Å². The van der Waals surface area contributed by atoms with E-state index in [0.29, 0.717) is 13.1 Å². The Kier molecular flexibility index (Phi) is 6.35. The van der Waals surface area contributed by atoms with Gasteiger partial charge in [0.15, 0.2) is 0 Å². The summed E-state index contributed by atoms with van der Waals surface area (Å²) in [5, 5.41) is 5.89. The van der Waals surface area contributed by atoms with Gasteiger partial charge in [-0.05, 0) is 31.4 Å². The van der Waals surface area contributed by atoms with Crippen molar-refractivity contribution in [2.45, 2.75) is 25.8 Å². The predicted octanol–water partition coefficient (Wildman–Crippen LogP) is 1.49. The Hall–Kier alpha value is -2.14. The Morgan fingerprint density at radius 3 is 2.65 bits per heavy atom. The van der Waals surface area contributed by atoms with Crippen molar-refractivity contribution in [1.29, 1.82) is 0 Å². The number of nitrogens with zero attached hydrogens (tertiary/aromatic N) is 1. The third-order valence-corrected chi connectivity index (χ3v) is 4.12. The highest BCUT2D eigenvalue weighted by Crippen LogP contribution is 2.12. The molecule has 5 nitrogen and oxygen atoms in total. The van der Waals surface area contributed by atoms with Gasteiger partial charge in [0.25, 0.3) is 5.91 Å². The number of carbonyl (C=O) groups is 2. The monoisotopic (exact) mass is 315 g/mol. The number of hydrogen-bond donors (Lipinski definition) is 2. The highest BCUT2D eigenvalue weighted by Gasteiger charge is 2.22. The number of amides is 2. The molecule has 1 aliphatic rings. The van der Waals surface area contributed by atoms with Crippen LogP contribution in [0.3, 0.4) is 0 Å². The lowest BCUT2D eigenvalue weighted by atomic mass is 10.0. The maximum absolute atomic E-state index is 12.3. The van der Waals surface area contributed by atoms with Gasteiger partial charge in [-0.15, -0.1) is 6.58 Å². The van der Waals surface area contributed by atoms with Crippen LogP contribution in [0.4, 0.5) is 0 Å². The molecule has 124 valence electrons. The summed E-state index contributed by atoms with van der Waals surface area (Å²) in [5.74, 6) is 0.0116. The molecule has 1 aromatic carbocycles. The molecule has 0 bridgehead atoms. The Labute approximate surface area is 137 Å². The van der Waals surface area contributed by atoms with Gasteiger partial charge in [0, 0.05) is 31.2 Å². The number of likely N-dealkylation sites (tertiary alicyclic amines) is 1. The number of carbonyl (C=O) groups excluding carboxylic acids is 2. The summed E-state index contributed by atoms with van der Waals surface area (Å²) in [6.45, 7) is 8.07. The van der Waals surface area contributed by atoms with Crippen LogP contribution >= 0.6 is 0 Å². The Morgan fingerprint density at radius 1 is 1.30 bits per heavy atom. The fourth-order valence-electron chi connectivity index (χ4n) is 2.77. The zero-order valence-corrected chi connectivity index (χ0v) is 13.7. The van der Waals surface area contributed by atoms with Crippen molar-refractivity contribution in [3.63, 3.8) is 0 Å². The van der Waals surface area contributed by atoms with Crippen molar-refractivity contribution in [3.8, 4) is 0 Å². The molecule has 1 heterocycles. The minimum Gasteiger partial charge on any atom is -0.352 e. The second kappa shape index (κ2) is 8.48. The van der Waals surface area contributed by atoms with Gasteiger partial charge in [-0.25, -0.2) is 0 Å². The third kappa shape index (κ3) is 5.21. The van der Waals surface area contributed by atoms with Gasteiger partial charge >= 0.3 is 0 Å². The van der Waals surface area contributed by atoms with E-state index in [4.69, 9.17) is 0 Å². The minimum absolute atomic E-state index is 0.00900. The smallest absolute Gasteiger partial charge is 0.251 e. The molecule has 0 unspecified atom stereocenters. The van der Waals surface area contributed by atoms with E-state index >= 15 is 0 Å². The SMILES string of the molecule is C=CCNC(=O)CN1CCC(NC(=O)c2ccccc2C)CC1. The molecule has 0 radical (unpaired) electrons. The maximum Gasteiger partial charge on any atom is 0.251 e. The molecule has 0 atom stereocenters. The van der Waals surface area contributed by atoms with Gasteiger partial charge in [-0.1, -0.05) is 24.3 Å². The number of aryl methyl sites for hydroxylation is 1. The molecule has 2 rings (SSSR count). The maximum atomic E-state index is 12.3. The highest BCUT2D eigenvalue weighted by molar-refractivity contribution is 5.95. The van der Waals surface area contributed by atoms with E-state index in [1.165, 1.54) is 0 Å². The van der Waals surface area contributed by atoms with E-state index < -0.39 is 0 Å². The molecule has 1 saturated heterocycles. The lowest BCUT2D eigenvalue weighted by Gasteiger charge is -2.31. The van der Waals surface area contributed by atoms with Crippen LogP contribution in [0.2, 0.25) is 0 Å². The van der Waals surface area contributed by atoms with Crippen molar-refractivity contribution in [3.05, 3.63) is 48.0 Å². The molecule has 0 aromatic heterocycles. The summed E-state index contributed by atoms with van der Waals surface area (Å²) >= 11 is 0. The molecule has 1 aliphatic heterocycles. The number of benzene rings is 1. The largest absolute Gasteiger partial charge is 0.352 e. The van der Waals surface area contributed by atoms with E-state index in [2.05, 4.69) is 22.1 Å². The summed E-state index contributed by atoms with van der Waals surface area (Å²) < 4.78 is 0. The van der Waals surface area contributed by atoms with E-state index in [1.807, 2.05) is 31.2 Å². The van der Waals surface area contributed by atoms with Crippen LogP contribution in [-0.2, 0) is 4.79 Å². The Morgan fingerprint density at radius 2 is 2.00 bits per heavy atom. The molecule has 5 heteroatoms. The Bertz CT molecular complexity index is 563. The summed E-state index contributed by atoms with van der Waals surface area (Å²) in [6.07, 6.45) is 3.41. The zero-order chi connectivity index (χ0) is 16.7. The Balaban J connectivity index is 1.76. The van der Waals surface area contributed by atoms with Crippen molar-refractivity contribution < 1.29 is 9.59 Å². The normalized spacial score (nSPS) is 15.9. The molecule has 0 saturated carbocycles. The first-order chi connectivity index (χ1) is 11.1. The van der Waals surface area contributed by atoms with Crippen LogP contribution in [0.15, 0.2) is 36.9 Å². The highest BCUT2D eigenvalue weighted by atomic mass is 16.2. The zero-order valence-electron chi connectivity index (χ0n) is 13.7. The number of hydrogen-bond acceptors (Lipinski definition) is 3. The molecular weight excluding hydrogens is 290 g/mol. The molecule has 0 spiro atoms. The molecular formula is C18H25N3O2. The van der Waals surface area contributed by atoms with Crippen LogP contribution in [-0.4, -0.2) is 48.9 Å². The first kappa shape index (κ1) is 17.2. The number of rotatable bonds is 6. The van der Waals surface area contributed by atoms with Crippen molar-refractivity contribution in [1.82, 2.24) is 15.5 Å². The van der Waals surface area contributed by atoms with Crippen molar-refractivity contribution >= 4 is 11.8 Å². The summed E-state index contributed by atoms with van der Waals surface area (Å²) in [4.78, 5) is 26.1. The fourth-order valence-corrected chi connectivity index (χ4v) is 2.77. The van der Waals surface area contributed by atoms with Crippen LogP contribution in [0.5, 0.6) is 0 Å². The van der Waals surface area contributed by atoms with Crippen LogP contribution in [0.25, 0.3) is 0 Å². The lowest BCUT2D eigenvalue weighted by Crippen LogP contribution is -2.47. The van der Waals surface area contributed by atoms with Crippen molar-refractivity contribution in [2.75, 3.05) is 26.2 Å². The van der Waals surface area contributed by atoms with Crippen molar-refractivity contribution in [2.24, 2.45) is 0 Å². The van der Waals surface area contributed by atoms with E-state index in [1.54, 1.807) is 6.08 Å². The quantitative estimate of drug-likeness (QED) is 0.782. The molecule has 23 heavy (non-hydrogen) atoms. The van der Waals surface area contributed by atoms with E-state index in [-0.39, 0.29) is 17.9 Å². The summed E-state index contributed by atoms with van der Waals surface area (Å²) in [7, 11) is 0. The standard InChI is InChI=1S/C18H25N3O2/c1-3-10-19-17(22)13-21-11-8-15(9-12-21)20-18(23)16-7-5-4-6-14(16)2/h3-7,15H,1,8-13H2,2H3,(H,19,22)(H,20,23). The van der Waals surface area contributed by atoms with E-state index in [0.717, 1.165) is 37.1 Å². The second-order valence-electron chi connectivity index (χ2n) is 5.93. The summed E-state index contributed by atoms with van der Waals surface area (Å²) in [5.41, 5.74) is 1.72. The van der Waals surface area contributed by atoms with Gasteiger partial charge in [-0.3, -0.25) is 14.5 Å². The van der Waals surface area contributed by atoms with Gasteiger partial charge in [-0.2, -0.15) is 0 Å². The summed E-state index contributed by atoms with van der Waals surface area (Å²) in [6, 6.07) is 7.78. The first-order valence-corrected chi connectivity index (χ1v) is 8.06. The molecule has 1 fully saturated rings. The van der Waals surface area contributed by atoms with E-state index in [9.17, 15) is 9.59 Å². The average molecular weight is 315 g/mol. The van der Waals surface area contributed by atoms with Gasteiger partial charge in [0.2, 0.25) is 5.91 Å². The first-order valence-electron chi connectivity index (χ1n) is 8.06. The lowest BCUT2D eigenvalue weighted by molar-refractivity contribution is -0.122. The average Bonchev–Trinajstić information content (AvgIpc) is 2.55. The number of nitrogens with one attached hydrogen (secondary N) is 2. The molecule has 2 amide bonds. The van der Waals surface area contributed by atoms with Gasteiger partial charge in [0.1, 0.15) is 0 Å². The number of piperidine rings is 1. The van der Waals surface area contributed by atoms with Gasteiger partial charge < -0.3 is 10.6 Å².